The predicted molar refractivity (Wildman–Crippen MR) is 66.7 cm³/mol. The molecule has 1 aromatic carbocycles. The van der Waals surface area contributed by atoms with Crippen LogP contribution in [0.15, 0.2) is 18.2 Å². The van der Waals surface area contributed by atoms with Gasteiger partial charge < -0.3 is 0 Å². The molecule has 0 fully saturated rings. The zero-order valence-electron chi connectivity index (χ0n) is 9.83. The fourth-order valence-electron chi connectivity index (χ4n) is 1.15. The SMILES string of the molecule is CC(C)C(C)SCc1ccc(C#N)cc1F. The first kappa shape index (κ1) is 13.1. The molecule has 1 rings (SSSR count). The van der Waals surface area contributed by atoms with Crippen molar-refractivity contribution in [1.29, 1.82) is 5.26 Å². The van der Waals surface area contributed by atoms with Crippen LogP contribution >= 0.6 is 11.8 Å². The lowest BCUT2D eigenvalue weighted by Crippen LogP contribution is -2.06. The normalized spacial score (nSPS) is 12.5. The number of thioether (sulfide) groups is 1. The lowest BCUT2D eigenvalue weighted by molar-refractivity contribution is 0.615. The Morgan fingerprint density at radius 1 is 1.38 bits per heavy atom. The minimum Gasteiger partial charge on any atom is -0.207 e. The Hall–Kier alpha value is -1.01. The van der Waals surface area contributed by atoms with Gasteiger partial charge >= 0.3 is 0 Å². The molecule has 1 unspecified atom stereocenters. The number of nitrogens with zero attached hydrogens (tertiary/aromatic N) is 1. The van der Waals surface area contributed by atoms with Crippen molar-refractivity contribution in [3.05, 3.63) is 35.1 Å². The van der Waals surface area contributed by atoms with Crippen LogP contribution in [-0.2, 0) is 5.75 Å². The van der Waals surface area contributed by atoms with E-state index >= 15 is 0 Å². The molecule has 3 heteroatoms. The van der Waals surface area contributed by atoms with Gasteiger partial charge in [0, 0.05) is 11.0 Å². The van der Waals surface area contributed by atoms with Crippen molar-refractivity contribution in [3.63, 3.8) is 0 Å². The van der Waals surface area contributed by atoms with Gasteiger partial charge in [-0.1, -0.05) is 26.8 Å². The number of halogens is 1. The summed E-state index contributed by atoms with van der Waals surface area (Å²) in [6, 6.07) is 6.60. The highest BCUT2D eigenvalue weighted by Gasteiger charge is 2.10. The van der Waals surface area contributed by atoms with Crippen molar-refractivity contribution in [2.24, 2.45) is 5.92 Å². The summed E-state index contributed by atoms with van der Waals surface area (Å²) in [5.74, 6) is 0.977. The van der Waals surface area contributed by atoms with Gasteiger partial charge in [0.05, 0.1) is 11.6 Å². The maximum absolute atomic E-state index is 13.5. The topological polar surface area (TPSA) is 23.8 Å². The summed E-state index contributed by atoms with van der Waals surface area (Å²) in [5.41, 5.74) is 1.06. The number of hydrogen-bond acceptors (Lipinski definition) is 2. The Morgan fingerprint density at radius 2 is 2.06 bits per heavy atom. The van der Waals surface area contributed by atoms with Crippen molar-refractivity contribution in [2.75, 3.05) is 0 Å². The van der Waals surface area contributed by atoms with Crippen LogP contribution in [0.2, 0.25) is 0 Å². The van der Waals surface area contributed by atoms with E-state index in [4.69, 9.17) is 5.26 Å². The van der Waals surface area contributed by atoms with Crippen LogP contribution in [0, 0.1) is 23.1 Å². The molecule has 0 saturated heterocycles. The van der Waals surface area contributed by atoms with Crippen LogP contribution in [0.1, 0.15) is 31.9 Å². The highest BCUT2D eigenvalue weighted by atomic mass is 32.2. The number of rotatable bonds is 4. The van der Waals surface area contributed by atoms with Crippen molar-refractivity contribution in [2.45, 2.75) is 31.8 Å². The molecule has 1 atom stereocenters. The molecule has 86 valence electrons. The molecule has 0 amide bonds. The van der Waals surface area contributed by atoms with E-state index in [0.717, 1.165) is 0 Å². The molecule has 1 nitrogen and oxygen atoms in total. The zero-order chi connectivity index (χ0) is 12.1. The van der Waals surface area contributed by atoms with E-state index in [1.165, 1.54) is 6.07 Å². The Balaban J connectivity index is 2.65. The second-order valence-corrected chi connectivity index (χ2v) is 5.54. The second-order valence-electron chi connectivity index (χ2n) is 4.18. The lowest BCUT2D eigenvalue weighted by atomic mass is 10.1. The highest BCUT2D eigenvalue weighted by molar-refractivity contribution is 7.99. The summed E-state index contributed by atoms with van der Waals surface area (Å²) < 4.78 is 13.5. The molecule has 0 aromatic heterocycles. The van der Waals surface area contributed by atoms with E-state index in [1.807, 2.05) is 6.07 Å². The molecule has 0 aliphatic rings. The van der Waals surface area contributed by atoms with Crippen molar-refractivity contribution < 1.29 is 4.39 Å². The first-order valence-corrected chi connectivity index (χ1v) is 6.39. The standard InChI is InChI=1S/C13H16FNS/c1-9(2)10(3)16-8-12-5-4-11(7-15)6-13(12)14/h4-6,9-10H,8H2,1-3H3. The second kappa shape index (κ2) is 5.91. The third-order valence-corrected chi connectivity index (χ3v) is 4.17. The monoisotopic (exact) mass is 237 g/mol. The molecule has 0 N–H and O–H groups in total. The fraction of sp³-hybridized carbons (Fsp3) is 0.462. The maximum atomic E-state index is 13.5. The van der Waals surface area contributed by atoms with Gasteiger partial charge in [0.1, 0.15) is 5.82 Å². The van der Waals surface area contributed by atoms with Crippen molar-refractivity contribution in [1.82, 2.24) is 0 Å². The average molecular weight is 237 g/mol. The average Bonchev–Trinajstić information content (AvgIpc) is 2.26. The van der Waals surface area contributed by atoms with E-state index in [9.17, 15) is 4.39 Å². The molecule has 0 heterocycles. The van der Waals surface area contributed by atoms with Gasteiger partial charge in [0.2, 0.25) is 0 Å². The van der Waals surface area contributed by atoms with E-state index in [-0.39, 0.29) is 5.82 Å². The van der Waals surface area contributed by atoms with Crippen LogP contribution in [0.5, 0.6) is 0 Å². The van der Waals surface area contributed by atoms with Crippen molar-refractivity contribution >= 4 is 11.8 Å². The van der Waals surface area contributed by atoms with Crippen molar-refractivity contribution in [3.8, 4) is 6.07 Å². The Kier molecular flexibility index (Phi) is 4.82. The molecule has 0 aliphatic heterocycles. The van der Waals surface area contributed by atoms with E-state index in [1.54, 1.807) is 23.9 Å². The van der Waals surface area contributed by atoms with Gasteiger partial charge in [-0.05, 0) is 23.6 Å². The number of benzene rings is 1. The summed E-state index contributed by atoms with van der Waals surface area (Å²) in [6.45, 7) is 6.47. The van der Waals surface area contributed by atoms with Gasteiger partial charge in [-0.3, -0.25) is 0 Å². The molecule has 0 radical (unpaired) electrons. The van der Waals surface area contributed by atoms with E-state index in [0.29, 0.717) is 28.0 Å². The molecule has 0 spiro atoms. The summed E-state index contributed by atoms with van der Waals surface area (Å²) in [6.07, 6.45) is 0. The van der Waals surface area contributed by atoms with Crippen LogP contribution in [0.25, 0.3) is 0 Å². The molecule has 0 aliphatic carbocycles. The highest BCUT2D eigenvalue weighted by Crippen LogP contribution is 2.24. The molecule has 1 aromatic rings. The van der Waals surface area contributed by atoms with Crippen LogP contribution in [0.3, 0.4) is 0 Å². The first-order valence-electron chi connectivity index (χ1n) is 5.34. The third kappa shape index (κ3) is 3.53. The summed E-state index contributed by atoms with van der Waals surface area (Å²) in [7, 11) is 0. The quantitative estimate of drug-likeness (QED) is 0.791. The maximum Gasteiger partial charge on any atom is 0.128 e. The lowest BCUT2D eigenvalue weighted by Gasteiger charge is -2.15. The third-order valence-electron chi connectivity index (χ3n) is 2.62. The summed E-state index contributed by atoms with van der Waals surface area (Å²) in [4.78, 5) is 0. The fourth-order valence-corrected chi connectivity index (χ4v) is 2.21. The summed E-state index contributed by atoms with van der Waals surface area (Å²) in [5, 5.41) is 9.13. The molecule has 0 saturated carbocycles. The Morgan fingerprint density at radius 3 is 2.56 bits per heavy atom. The molecular weight excluding hydrogens is 221 g/mol. The summed E-state index contributed by atoms with van der Waals surface area (Å²) >= 11 is 1.74. The Labute approximate surface area is 101 Å². The Bertz CT molecular complexity index is 395. The van der Waals surface area contributed by atoms with Gasteiger partial charge in [-0.15, -0.1) is 0 Å². The van der Waals surface area contributed by atoms with Gasteiger partial charge in [0.15, 0.2) is 0 Å². The predicted octanol–water partition coefficient (Wildman–Crippen LogP) is 3.98. The first-order chi connectivity index (χ1) is 7.54. The number of nitriles is 1. The molecule has 16 heavy (non-hydrogen) atoms. The smallest absolute Gasteiger partial charge is 0.128 e. The molecular formula is C13H16FNS. The van der Waals surface area contributed by atoms with E-state index < -0.39 is 0 Å². The largest absolute Gasteiger partial charge is 0.207 e. The minimum absolute atomic E-state index is 0.275. The minimum atomic E-state index is -0.275. The van der Waals surface area contributed by atoms with Crippen LogP contribution in [0.4, 0.5) is 4.39 Å². The van der Waals surface area contributed by atoms with Gasteiger partial charge in [-0.25, -0.2) is 4.39 Å². The van der Waals surface area contributed by atoms with Crippen LogP contribution in [-0.4, -0.2) is 5.25 Å². The zero-order valence-corrected chi connectivity index (χ0v) is 10.6. The van der Waals surface area contributed by atoms with E-state index in [2.05, 4.69) is 20.8 Å². The van der Waals surface area contributed by atoms with Gasteiger partial charge in [-0.2, -0.15) is 17.0 Å². The molecule has 0 bridgehead atoms. The number of hydrogen-bond donors (Lipinski definition) is 0. The van der Waals surface area contributed by atoms with Gasteiger partial charge in [0.25, 0.3) is 0 Å². The van der Waals surface area contributed by atoms with Crippen LogP contribution < -0.4 is 0 Å².